The van der Waals surface area contributed by atoms with Gasteiger partial charge in [0.1, 0.15) is 0 Å². The molecule has 6 heteroatoms. The smallest absolute Gasteiger partial charge is 0.0776 e. The number of nitrogens with zero attached hydrogens (tertiary/aromatic N) is 2. The number of rotatable bonds is 12. The van der Waals surface area contributed by atoms with Crippen LogP contribution in [0, 0.1) is 0 Å². The van der Waals surface area contributed by atoms with Gasteiger partial charge >= 0.3 is 0 Å². The lowest BCUT2D eigenvalue weighted by atomic mass is 9.88. The van der Waals surface area contributed by atoms with Crippen molar-refractivity contribution in [2.45, 2.75) is 105 Å². The number of anilines is 6. The summed E-state index contributed by atoms with van der Waals surface area (Å²) in [5, 5.41) is 11.6. The molecule has 0 bridgehead atoms. The highest BCUT2D eigenvalue weighted by Crippen LogP contribution is 2.43. The van der Waals surface area contributed by atoms with Crippen molar-refractivity contribution in [2.75, 3.05) is 9.80 Å². The molecular weight excluding hydrogens is 789 g/mol. The van der Waals surface area contributed by atoms with E-state index in [4.69, 9.17) is 0 Å². The van der Waals surface area contributed by atoms with Gasteiger partial charge in [0.25, 0.3) is 0 Å². The summed E-state index contributed by atoms with van der Waals surface area (Å²) in [5.74, 6) is 0. The molecule has 0 aromatic heterocycles. The summed E-state index contributed by atoms with van der Waals surface area (Å²) in [5.41, 5.74) is 10.2. The Balaban J connectivity index is 1.47. The van der Waals surface area contributed by atoms with Gasteiger partial charge in [0.05, 0.1) is 32.3 Å². The first-order valence-corrected chi connectivity index (χ1v) is 36.2. The average molecular weight is 857 g/mol. The third-order valence-electron chi connectivity index (χ3n) is 12.4. The van der Waals surface area contributed by atoms with Crippen LogP contribution in [-0.2, 0) is 12.8 Å². The topological polar surface area (TPSA) is 6.48 Å². The molecular formula is C54H68N2Si4. The average Bonchev–Trinajstić information content (AvgIpc) is 3.19. The van der Waals surface area contributed by atoms with Crippen LogP contribution in [0.15, 0.2) is 133 Å². The number of para-hydroxylation sites is 2. The molecule has 310 valence electrons. The molecule has 7 rings (SSSR count). The Hall–Kier alpha value is -4.47. The summed E-state index contributed by atoms with van der Waals surface area (Å²) in [4.78, 5) is 5.04. The van der Waals surface area contributed by atoms with Crippen LogP contribution >= 0.6 is 0 Å². The van der Waals surface area contributed by atoms with E-state index in [2.05, 4.69) is 236 Å². The lowest BCUT2D eigenvalue weighted by Gasteiger charge is -2.31. The molecule has 0 unspecified atom stereocenters. The molecule has 0 saturated carbocycles. The fraction of sp³-hybridized carbons (Fsp3) is 0.296. The molecule has 0 fully saturated rings. The van der Waals surface area contributed by atoms with Crippen molar-refractivity contribution in [3.05, 3.63) is 145 Å². The minimum Gasteiger partial charge on any atom is -0.310 e. The summed E-state index contributed by atoms with van der Waals surface area (Å²) in [6.07, 6.45) is 1.91. The maximum Gasteiger partial charge on any atom is 0.0776 e. The maximum absolute atomic E-state index is 2.54. The lowest BCUT2D eigenvalue weighted by molar-refractivity contribution is 1.15. The van der Waals surface area contributed by atoms with Gasteiger partial charge in [0.2, 0.25) is 0 Å². The van der Waals surface area contributed by atoms with Gasteiger partial charge in [-0.3, -0.25) is 0 Å². The highest BCUT2D eigenvalue weighted by atomic mass is 28.3. The number of aryl methyl sites for hydroxylation is 2. The van der Waals surface area contributed by atoms with Crippen LogP contribution in [0.3, 0.4) is 0 Å². The van der Waals surface area contributed by atoms with E-state index >= 15 is 0 Å². The van der Waals surface area contributed by atoms with Crippen LogP contribution in [-0.4, -0.2) is 32.3 Å². The van der Waals surface area contributed by atoms with Crippen LogP contribution in [0.2, 0.25) is 78.6 Å². The molecule has 0 spiro atoms. The van der Waals surface area contributed by atoms with Gasteiger partial charge < -0.3 is 9.80 Å². The van der Waals surface area contributed by atoms with Crippen LogP contribution in [0.25, 0.3) is 21.5 Å². The molecule has 0 amide bonds. The highest BCUT2D eigenvalue weighted by molar-refractivity contribution is 6.92. The van der Waals surface area contributed by atoms with Crippen molar-refractivity contribution in [1.29, 1.82) is 0 Å². The molecule has 0 atom stereocenters. The van der Waals surface area contributed by atoms with E-state index in [0.29, 0.717) is 0 Å². The Kier molecular flexibility index (Phi) is 11.9. The molecule has 60 heavy (non-hydrogen) atoms. The zero-order valence-corrected chi connectivity index (χ0v) is 43.0. The second-order valence-corrected chi connectivity index (χ2v) is 41.3. The van der Waals surface area contributed by atoms with E-state index in [0.717, 1.165) is 12.8 Å². The summed E-state index contributed by atoms with van der Waals surface area (Å²) in [7, 11) is -6.43. The van der Waals surface area contributed by atoms with Crippen molar-refractivity contribution in [2.24, 2.45) is 0 Å². The zero-order valence-electron chi connectivity index (χ0n) is 39.0. The Morgan fingerprint density at radius 1 is 0.300 bits per heavy atom. The zero-order chi connectivity index (χ0) is 43.4. The number of hydrogen-bond donors (Lipinski definition) is 0. The first-order valence-electron chi connectivity index (χ1n) is 22.2. The third-order valence-corrected chi connectivity index (χ3v) is 20.5. The standard InChI is InChI=1S/C54H68N2Si4/c1-15-49-51-29-27-42(56(40-25-21-18-22-26-40)44-33-47(59(9,10)11)38-48(34-44)60(12,13)14)36-54(51)50(16-2)52-30-28-41(35-53(49)52)55(39-23-19-17-20-24-39)43-31-45(57(3,4)5)37-46(32-43)58(6,7)8/h17-38H,15-16H2,1-14H3. The highest BCUT2D eigenvalue weighted by Gasteiger charge is 2.28. The van der Waals surface area contributed by atoms with Gasteiger partial charge in [0.15, 0.2) is 0 Å². The normalized spacial score (nSPS) is 12.6. The number of hydrogen-bond acceptors (Lipinski definition) is 2. The van der Waals surface area contributed by atoms with Gasteiger partial charge in [0, 0.05) is 34.1 Å². The quantitative estimate of drug-likeness (QED) is 0.0892. The number of benzene rings is 7. The summed E-state index contributed by atoms with van der Waals surface area (Å²) < 4.78 is 0. The molecule has 0 aliphatic carbocycles. The summed E-state index contributed by atoms with van der Waals surface area (Å²) in [6.45, 7) is 34.4. The minimum atomic E-state index is -1.61. The molecule has 0 saturated heterocycles. The molecule has 0 aliphatic rings. The molecule has 0 radical (unpaired) electrons. The van der Waals surface area contributed by atoms with Gasteiger partial charge in [-0.2, -0.15) is 0 Å². The van der Waals surface area contributed by atoms with E-state index in [-0.39, 0.29) is 0 Å². The predicted molar refractivity (Wildman–Crippen MR) is 281 cm³/mol. The second kappa shape index (κ2) is 16.4. The van der Waals surface area contributed by atoms with Crippen LogP contribution < -0.4 is 30.5 Å². The summed E-state index contributed by atoms with van der Waals surface area (Å²) in [6, 6.07) is 51.7. The van der Waals surface area contributed by atoms with E-state index < -0.39 is 32.3 Å². The Morgan fingerprint density at radius 2 is 0.600 bits per heavy atom. The molecule has 0 heterocycles. The van der Waals surface area contributed by atoms with Crippen LogP contribution in [0.1, 0.15) is 25.0 Å². The van der Waals surface area contributed by atoms with Crippen molar-refractivity contribution >= 4 is 109 Å². The molecule has 7 aromatic carbocycles. The van der Waals surface area contributed by atoms with Crippen molar-refractivity contribution < 1.29 is 0 Å². The van der Waals surface area contributed by atoms with E-state index in [1.165, 1.54) is 87.5 Å². The third kappa shape index (κ3) is 8.80. The van der Waals surface area contributed by atoms with E-state index in [9.17, 15) is 0 Å². The molecule has 0 aliphatic heterocycles. The van der Waals surface area contributed by atoms with Gasteiger partial charge in [-0.15, -0.1) is 0 Å². The van der Waals surface area contributed by atoms with E-state index in [1.54, 1.807) is 0 Å². The minimum absolute atomic E-state index is 0.955. The van der Waals surface area contributed by atoms with Crippen LogP contribution in [0.5, 0.6) is 0 Å². The van der Waals surface area contributed by atoms with Gasteiger partial charge in [-0.05, 0) is 118 Å². The lowest BCUT2D eigenvalue weighted by Crippen LogP contribution is -2.45. The first-order chi connectivity index (χ1) is 28.2. The maximum atomic E-state index is 2.54. The summed E-state index contributed by atoms with van der Waals surface area (Å²) >= 11 is 0. The predicted octanol–water partition coefficient (Wildman–Crippen LogP) is 14.2. The molecule has 7 aromatic rings. The number of fused-ring (bicyclic) bond motifs is 2. The Morgan fingerprint density at radius 3 is 0.867 bits per heavy atom. The van der Waals surface area contributed by atoms with E-state index in [1.807, 2.05) is 0 Å². The molecule has 2 nitrogen and oxygen atoms in total. The van der Waals surface area contributed by atoms with Gasteiger partial charge in [-0.1, -0.05) is 174 Å². The van der Waals surface area contributed by atoms with Crippen LogP contribution in [0.4, 0.5) is 34.1 Å². The van der Waals surface area contributed by atoms with Crippen molar-refractivity contribution in [3.63, 3.8) is 0 Å². The van der Waals surface area contributed by atoms with Crippen molar-refractivity contribution in [3.8, 4) is 0 Å². The monoisotopic (exact) mass is 856 g/mol. The van der Waals surface area contributed by atoms with Gasteiger partial charge in [-0.25, -0.2) is 0 Å². The largest absolute Gasteiger partial charge is 0.310 e. The fourth-order valence-corrected chi connectivity index (χ4v) is 13.6. The fourth-order valence-electron chi connectivity index (χ4n) is 8.68. The SMILES string of the molecule is CCc1c2ccc(N(c3ccccc3)c3cc([Si](C)(C)C)cc([Si](C)(C)C)c3)cc2c(CC)c2ccc(N(c3ccccc3)c3cc([Si](C)(C)C)cc([Si](C)(C)C)c3)cc12. The molecule has 0 N–H and O–H groups in total. The Labute approximate surface area is 366 Å². The first kappa shape index (κ1) is 43.6. The second-order valence-electron chi connectivity index (χ2n) is 21.0. The van der Waals surface area contributed by atoms with Crippen molar-refractivity contribution in [1.82, 2.24) is 0 Å². The Bertz CT molecular complexity index is 2410.